The van der Waals surface area contributed by atoms with Gasteiger partial charge in [0.1, 0.15) is 5.69 Å². The zero-order valence-corrected chi connectivity index (χ0v) is 13.6. The van der Waals surface area contributed by atoms with Crippen molar-refractivity contribution in [2.45, 2.75) is 45.8 Å². The topological polar surface area (TPSA) is 48.4 Å². The molecule has 0 atom stereocenters. The molecule has 0 N–H and O–H groups in total. The van der Waals surface area contributed by atoms with Crippen LogP contribution < -0.4 is 5.46 Å². The van der Waals surface area contributed by atoms with Crippen LogP contribution >= 0.6 is 0 Å². The molecule has 0 aliphatic carbocycles. The average molecular weight is 297 g/mol. The highest BCUT2D eigenvalue weighted by molar-refractivity contribution is 6.65. The van der Waals surface area contributed by atoms with E-state index in [-0.39, 0.29) is 0 Å². The van der Waals surface area contributed by atoms with Crippen LogP contribution in [0, 0.1) is 6.92 Å². The van der Waals surface area contributed by atoms with Crippen LogP contribution in [0.25, 0.3) is 10.9 Å². The van der Waals surface area contributed by atoms with E-state index in [1.54, 1.807) is 0 Å². The Hall–Kier alpha value is -1.72. The monoisotopic (exact) mass is 297 g/mol. The van der Waals surface area contributed by atoms with E-state index in [4.69, 9.17) is 9.31 Å². The van der Waals surface area contributed by atoms with Crippen LogP contribution in [0.3, 0.4) is 0 Å². The summed E-state index contributed by atoms with van der Waals surface area (Å²) in [6, 6.07) is 7.87. The van der Waals surface area contributed by atoms with E-state index in [1.807, 2.05) is 58.9 Å². The molecule has 0 radical (unpaired) electrons. The molecule has 2 heterocycles. The minimum atomic E-state index is -0.483. The van der Waals surface area contributed by atoms with Crippen LogP contribution in [0.1, 0.15) is 43.7 Å². The van der Waals surface area contributed by atoms with E-state index in [0.717, 1.165) is 28.2 Å². The lowest BCUT2D eigenvalue weighted by Gasteiger charge is -2.32. The molecule has 0 spiro atoms. The lowest BCUT2D eigenvalue weighted by Crippen LogP contribution is -2.41. The molecule has 1 saturated heterocycles. The molecule has 0 bridgehead atoms. The highest BCUT2D eigenvalue weighted by atomic mass is 16.7. The minimum absolute atomic E-state index is 0.405. The molecule has 2 aromatic rings. The van der Waals surface area contributed by atoms with Crippen molar-refractivity contribution in [1.29, 1.82) is 0 Å². The third-order valence-corrected chi connectivity index (χ3v) is 4.73. The average Bonchev–Trinajstić information content (AvgIpc) is 2.65. The van der Waals surface area contributed by atoms with Gasteiger partial charge in [-0.1, -0.05) is 18.2 Å². The predicted octanol–water partition coefficient (Wildman–Crippen LogP) is 2.65. The Labute approximate surface area is 131 Å². The van der Waals surface area contributed by atoms with E-state index < -0.39 is 18.3 Å². The molecule has 1 fully saturated rings. The van der Waals surface area contributed by atoms with Gasteiger partial charge in [-0.25, -0.2) is 4.98 Å². The third-order valence-electron chi connectivity index (χ3n) is 4.73. The number of nitrogens with zero attached hydrogens (tertiary/aromatic N) is 1. The lowest BCUT2D eigenvalue weighted by molar-refractivity contribution is 0.00578. The van der Waals surface area contributed by atoms with Gasteiger partial charge in [0.25, 0.3) is 0 Å². The summed E-state index contributed by atoms with van der Waals surface area (Å²) >= 11 is 0. The van der Waals surface area contributed by atoms with Gasteiger partial charge in [0.15, 0.2) is 6.29 Å². The van der Waals surface area contributed by atoms with Crippen molar-refractivity contribution in [3.05, 3.63) is 35.5 Å². The highest BCUT2D eigenvalue weighted by Crippen LogP contribution is 2.36. The second-order valence-corrected chi connectivity index (χ2v) is 6.82. The Morgan fingerprint density at radius 1 is 1.14 bits per heavy atom. The second-order valence-electron chi connectivity index (χ2n) is 6.82. The second kappa shape index (κ2) is 4.90. The number of aldehydes is 1. The number of aromatic nitrogens is 1. The van der Waals surface area contributed by atoms with E-state index in [1.165, 1.54) is 0 Å². The van der Waals surface area contributed by atoms with E-state index in [2.05, 4.69) is 4.98 Å². The van der Waals surface area contributed by atoms with Crippen molar-refractivity contribution < 1.29 is 14.1 Å². The first kappa shape index (κ1) is 15.2. The number of carbonyl (C=O) groups excluding carboxylic acids is 1. The molecule has 5 heteroatoms. The molecule has 3 rings (SSSR count). The number of para-hydroxylation sites is 1. The van der Waals surface area contributed by atoms with Crippen molar-refractivity contribution in [2.75, 3.05) is 0 Å². The summed E-state index contributed by atoms with van der Waals surface area (Å²) in [7, 11) is -0.483. The Morgan fingerprint density at radius 3 is 2.36 bits per heavy atom. The molecule has 114 valence electrons. The van der Waals surface area contributed by atoms with Crippen molar-refractivity contribution in [3.8, 4) is 0 Å². The van der Waals surface area contributed by atoms with Crippen LogP contribution in [-0.4, -0.2) is 29.6 Å². The summed E-state index contributed by atoms with van der Waals surface area (Å²) in [6.45, 7) is 9.97. The number of carbonyl (C=O) groups is 1. The first-order valence-electron chi connectivity index (χ1n) is 7.46. The Kier molecular flexibility index (Phi) is 3.38. The Morgan fingerprint density at radius 2 is 1.77 bits per heavy atom. The van der Waals surface area contributed by atoms with Gasteiger partial charge in [-0.05, 0) is 46.2 Å². The van der Waals surface area contributed by atoms with Gasteiger partial charge >= 0.3 is 7.12 Å². The maximum Gasteiger partial charge on any atom is 0.497 e. The van der Waals surface area contributed by atoms with Gasteiger partial charge in [-0.15, -0.1) is 0 Å². The fourth-order valence-electron chi connectivity index (χ4n) is 2.62. The molecule has 0 unspecified atom stereocenters. The van der Waals surface area contributed by atoms with Gasteiger partial charge < -0.3 is 9.31 Å². The Balaban J connectivity index is 2.14. The maximum atomic E-state index is 11.2. The van der Waals surface area contributed by atoms with Gasteiger partial charge in [-0.3, -0.25) is 4.79 Å². The predicted molar refractivity (Wildman–Crippen MR) is 87.6 cm³/mol. The molecule has 1 aromatic carbocycles. The van der Waals surface area contributed by atoms with E-state index >= 15 is 0 Å². The number of hydrogen-bond donors (Lipinski definition) is 0. The van der Waals surface area contributed by atoms with Crippen molar-refractivity contribution in [2.24, 2.45) is 0 Å². The van der Waals surface area contributed by atoms with Crippen LogP contribution in [0.5, 0.6) is 0 Å². The van der Waals surface area contributed by atoms with Gasteiger partial charge in [0, 0.05) is 10.8 Å². The van der Waals surface area contributed by atoms with Crippen LogP contribution in [0.2, 0.25) is 0 Å². The first-order chi connectivity index (χ1) is 10.2. The van der Waals surface area contributed by atoms with E-state index in [9.17, 15) is 4.79 Å². The normalized spacial score (nSPS) is 19.6. The Bertz CT molecular complexity index is 739. The molecule has 1 aromatic heterocycles. The smallest absolute Gasteiger partial charge is 0.399 e. The molecular formula is C17H20BNO3. The van der Waals surface area contributed by atoms with Crippen molar-refractivity contribution >= 4 is 29.8 Å². The van der Waals surface area contributed by atoms with Crippen LogP contribution in [-0.2, 0) is 9.31 Å². The largest absolute Gasteiger partial charge is 0.497 e. The molecule has 0 saturated carbocycles. The van der Waals surface area contributed by atoms with Crippen LogP contribution in [0.15, 0.2) is 24.3 Å². The first-order valence-corrected chi connectivity index (χ1v) is 7.46. The fraction of sp³-hybridized carbons (Fsp3) is 0.412. The number of pyridine rings is 1. The lowest BCUT2D eigenvalue weighted by atomic mass is 9.77. The molecule has 1 aliphatic rings. The molecule has 22 heavy (non-hydrogen) atoms. The summed E-state index contributed by atoms with van der Waals surface area (Å²) in [4.78, 5) is 15.7. The highest BCUT2D eigenvalue weighted by Gasteiger charge is 2.52. The number of fused-ring (bicyclic) bond motifs is 1. The maximum absolute atomic E-state index is 11.2. The summed E-state index contributed by atoms with van der Waals surface area (Å²) in [6.07, 6.45) is 0.787. The summed E-state index contributed by atoms with van der Waals surface area (Å²) in [5.41, 5.74) is 2.13. The molecule has 1 aliphatic heterocycles. The van der Waals surface area contributed by atoms with Gasteiger partial charge in [-0.2, -0.15) is 0 Å². The van der Waals surface area contributed by atoms with Gasteiger partial charge in [0.2, 0.25) is 0 Å². The number of aryl methyl sites for hydroxylation is 1. The minimum Gasteiger partial charge on any atom is -0.399 e. The van der Waals surface area contributed by atoms with Crippen molar-refractivity contribution in [1.82, 2.24) is 4.98 Å². The zero-order valence-electron chi connectivity index (χ0n) is 13.6. The number of benzene rings is 1. The summed E-state index contributed by atoms with van der Waals surface area (Å²) in [5, 5.41) is 0.982. The number of hydrogen-bond acceptors (Lipinski definition) is 4. The van der Waals surface area contributed by atoms with Crippen LogP contribution in [0.4, 0.5) is 0 Å². The van der Waals surface area contributed by atoms with Crippen molar-refractivity contribution in [3.63, 3.8) is 0 Å². The zero-order chi connectivity index (χ0) is 16.1. The summed E-state index contributed by atoms with van der Waals surface area (Å²) in [5.74, 6) is 0. The van der Waals surface area contributed by atoms with E-state index in [0.29, 0.717) is 5.69 Å². The quantitative estimate of drug-likeness (QED) is 0.631. The third kappa shape index (κ3) is 2.25. The summed E-state index contributed by atoms with van der Waals surface area (Å²) < 4.78 is 12.2. The fourth-order valence-corrected chi connectivity index (χ4v) is 2.62. The molecule has 4 nitrogen and oxygen atoms in total. The molecular weight excluding hydrogens is 277 g/mol. The molecule has 0 amide bonds. The standard InChI is InChI=1S/C17H20BNO3/c1-11-9-12-7-6-8-13(15(12)19-14(11)10-20)18-21-16(2,3)17(4,5)22-18/h6-10H,1-5H3. The van der Waals surface area contributed by atoms with Gasteiger partial charge in [0.05, 0.1) is 16.7 Å². The number of rotatable bonds is 2. The SMILES string of the molecule is Cc1cc2cccc(B3OC(C)(C)C(C)(C)O3)c2nc1C=O.